The number of ether oxygens (including phenoxy) is 1. The van der Waals surface area contributed by atoms with Crippen LogP contribution in [0.15, 0.2) is 24.3 Å². The lowest BCUT2D eigenvalue weighted by Crippen LogP contribution is -2.50. The number of nitrogens with zero attached hydrogens (tertiary/aromatic N) is 1. The van der Waals surface area contributed by atoms with Crippen LogP contribution in [0.1, 0.15) is 31.4 Å². The molecule has 104 valence electrons. The molecule has 0 saturated carbocycles. The lowest BCUT2D eigenvalue weighted by Gasteiger charge is -2.41. The second-order valence-electron chi connectivity index (χ2n) is 5.88. The molecule has 1 aliphatic rings. The molecule has 0 aromatic heterocycles. The summed E-state index contributed by atoms with van der Waals surface area (Å²) in [5.41, 5.74) is 2.56. The molecular formula is C16H23NOS. The van der Waals surface area contributed by atoms with Gasteiger partial charge in [0, 0.05) is 29.9 Å². The van der Waals surface area contributed by atoms with Gasteiger partial charge in [0.2, 0.25) is 0 Å². The van der Waals surface area contributed by atoms with Gasteiger partial charge in [-0.3, -0.25) is 4.90 Å². The molecule has 1 aromatic carbocycles. The Hall–Kier alpha value is -0.770. The van der Waals surface area contributed by atoms with Crippen LogP contribution in [0.25, 0.3) is 0 Å². The summed E-state index contributed by atoms with van der Waals surface area (Å²) in [4.78, 5) is 3.54. The van der Waals surface area contributed by atoms with Crippen molar-refractivity contribution in [2.45, 2.75) is 32.7 Å². The Labute approximate surface area is 121 Å². The first-order chi connectivity index (χ1) is 8.99. The Balaban J connectivity index is 2.02. The monoisotopic (exact) mass is 277 g/mol. The van der Waals surface area contributed by atoms with Gasteiger partial charge in [-0.05, 0) is 26.3 Å². The summed E-state index contributed by atoms with van der Waals surface area (Å²) in [6.07, 6.45) is 0.922. The highest BCUT2D eigenvalue weighted by molar-refractivity contribution is 7.80. The second-order valence-corrected chi connectivity index (χ2v) is 6.37. The maximum absolute atomic E-state index is 5.62. The topological polar surface area (TPSA) is 12.5 Å². The van der Waals surface area contributed by atoms with Gasteiger partial charge in [0.1, 0.15) is 0 Å². The summed E-state index contributed by atoms with van der Waals surface area (Å²) < 4.78 is 5.42. The van der Waals surface area contributed by atoms with E-state index in [9.17, 15) is 0 Å². The fourth-order valence-electron chi connectivity index (χ4n) is 2.51. The first kappa shape index (κ1) is 14.6. The van der Waals surface area contributed by atoms with Gasteiger partial charge in [0.25, 0.3) is 0 Å². The van der Waals surface area contributed by atoms with Crippen molar-refractivity contribution in [3.05, 3.63) is 35.4 Å². The van der Waals surface area contributed by atoms with Crippen LogP contribution in [0, 0.1) is 6.92 Å². The van der Waals surface area contributed by atoms with Crippen LogP contribution in [0.3, 0.4) is 0 Å². The predicted molar refractivity (Wildman–Crippen MR) is 84.0 cm³/mol. The standard InChI is InChI=1S/C16H23NOS/c1-13-4-6-14(7-5-13)15(19)12-16(2,3)17-8-10-18-11-9-17/h4-7H,8-12H2,1-3H3. The molecule has 2 nitrogen and oxygen atoms in total. The van der Waals surface area contributed by atoms with E-state index in [4.69, 9.17) is 17.0 Å². The minimum absolute atomic E-state index is 0.103. The highest BCUT2D eigenvalue weighted by Crippen LogP contribution is 2.23. The third-order valence-electron chi connectivity index (χ3n) is 3.83. The number of morpholine rings is 1. The van der Waals surface area contributed by atoms with E-state index in [0.717, 1.165) is 37.6 Å². The van der Waals surface area contributed by atoms with Crippen molar-refractivity contribution in [1.82, 2.24) is 4.90 Å². The molecule has 1 aromatic rings. The van der Waals surface area contributed by atoms with Crippen molar-refractivity contribution in [1.29, 1.82) is 0 Å². The highest BCUT2D eigenvalue weighted by Gasteiger charge is 2.29. The number of hydrogen-bond donors (Lipinski definition) is 0. The van der Waals surface area contributed by atoms with Crippen LogP contribution >= 0.6 is 12.2 Å². The summed E-state index contributed by atoms with van der Waals surface area (Å²) in [6.45, 7) is 10.3. The first-order valence-electron chi connectivity index (χ1n) is 6.92. The van der Waals surface area contributed by atoms with Gasteiger partial charge in [-0.25, -0.2) is 0 Å². The van der Waals surface area contributed by atoms with Gasteiger partial charge in [0.15, 0.2) is 0 Å². The van der Waals surface area contributed by atoms with Crippen LogP contribution in [0.5, 0.6) is 0 Å². The minimum Gasteiger partial charge on any atom is -0.379 e. The van der Waals surface area contributed by atoms with Gasteiger partial charge in [0.05, 0.1) is 13.2 Å². The zero-order valence-electron chi connectivity index (χ0n) is 12.1. The molecule has 3 heteroatoms. The molecule has 0 atom stereocenters. The molecule has 0 radical (unpaired) electrons. The van der Waals surface area contributed by atoms with E-state index in [1.54, 1.807) is 0 Å². The van der Waals surface area contributed by atoms with Crippen LogP contribution in [-0.4, -0.2) is 41.6 Å². The molecule has 19 heavy (non-hydrogen) atoms. The lowest BCUT2D eigenvalue weighted by molar-refractivity contribution is -0.00743. The van der Waals surface area contributed by atoms with Gasteiger partial charge in [-0.15, -0.1) is 0 Å². The Morgan fingerprint density at radius 2 is 1.79 bits per heavy atom. The Morgan fingerprint density at radius 3 is 2.37 bits per heavy atom. The number of rotatable bonds is 4. The average Bonchev–Trinajstić information content (AvgIpc) is 2.40. The fourth-order valence-corrected chi connectivity index (χ4v) is 3.00. The molecule has 0 N–H and O–H groups in total. The molecule has 0 aliphatic carbocycles. The van der Waals surface area contributed by atoms with Crippen molar-refractivity contribution < 1.29 is 4.74 Å². The maximum Gasteiger partial charge on any atom is 0.0594 e. The zero-order chi connectivity index (χ0) is 13.9. The van der Waals surface area contributed by atoms with Crippen molar-refractivity contribution in [3.63, 3.8) is 0 Å². The van der Waals surface area contributed by atoms with Crippen molar-refractivity contribution in [2.75, 3.05) is 26.3 Å². The summed E-state index contributed by atoms with van der Waals surface area (Å²) in [5.74, 6) is 0. The minimum atomic E-state index is 0.103. The third kappa shape index (κ3) is 3.85. The van der Waals surface area contributed by atoms with Crippen molar-refractivity contribution in [2.24, 2.45) is 0 Å². The molecule has 0 amide bonds. The highest BCUT2D eigenvalue weighted by atomic mass is 32.1. The van der Waals surface area contributed by atoms with E-state index in [1.807, 2.05) is 0 Å². The lowest BCUT2D eigenvalue weighted by atomic mass is 9.92. The summed E-state index contributed by atoms with van der Waals surface area (Å²) in [7, 11) is 0. The SMILES string of the molecule is Cc1ccc(C(=S)CC(C)(C)N2CCOCC2)cc1. The Bertz CT molecular complexity index is 433. The molecule has 1 fully saturated rings. The van der Waals surface area contributed by atoms with Crippen LogP contribution in [0.4, 0.5) is 0 Å². The van der Waals surface area contributed by atoms with Gasteiger partial charge < -0.3 is 4.74 Å². The van der Waals surface area contributed by atoms with E-state index < -0.39 is 0 Å². The molecule has 0 spiro atoms. The molecular weight excluding hydrogens is 254 g/mol. The second kappa shape index (κ2) is 6.12. The summed E-state index contributed by atoms with van der Waals surface area (Å²) in [6, 6.07) is 8.52. The average molecular weight is 277 g/mol. The van der Waals surface area contributed by atoms with Crippen molar-refractivity contribution >= 4 is 17.1 Å². The molecule has 1 saturated heterocycles. The largest absolute Gasteiger partial charge is 0.379 e. The summed E-state index contributed by atoms with van der Waals surface area (Å²) >= 11 is 5.62. The fraction of sp³-hybridized carbons (Fsp3) is 0.562. The van der Waals surface area contributed by atoms with Crippen LogP contribution < -0.4 is 0 Å². The van der Waals surface area contributed by atoms with Crippen molar-refractivity contribution in [3.8, 4) is 0 Å². The molecule has 0 unspecified atom stereocenters. The van der Waals surface area contributed by atoms with E-state index >= 15 is 0 Å². The molecule has 1 aliphatic heterocycles. The van der Waals surface area contributed by atoms with E-state index in [0.29, 0.717) is 0 Å². The predicted octanol–water partition coefficient (Wildman–Crippen LogP) is 3.21. The molecule has 0 bridgehead atoms. The Kier molecular flexibility index (Phi) is 4.71. The molecule has 1 heterocycles. The van der Waals surface area contributed by atoms with E-state index in [1.165, 1.54) is 11.1 Å². The quantitative estimate of drug-likeness (QED) is 0.619. The smallest absolute Gasteiger partial charge is 0.0594 e. The van der Waals surface area contributed by atoms with Gasteiger partial charge >= 0.3 is 0 Å². The normalized spacial score (nSPS) is 17.4. The van der Waals surface area contributed by atoms with Crippen LogP contribution in [0.2, 0.25) is 0 Å². The number of benzene rings is 1. The molecule has 2 rings (SSSR count). The third-order valence-corrected chi connectivity index (χ3v) is 4.21. The maximum atomic E-state index is 5.62. The van der Waals surface area contributed by atoms with E-state index in [-0.39, 0.29) is 5.54 Å². The number of aryl methyl sites for hydroxylation is 1. The van der Waals surface area contributed by atoms with Gasteiger partial charge in [-0.2, -0.15) is 0 Å². The van der Waals surface area contributed by atoms with Gasteiger partial charge in [-0.1, -0.05) is 42.0 Å². The Morgan fingerprint density at radius 1 is 1.21 bits per heavy atom. The summed E-state index contributed by atoms with van der Waals surface area (Å²) in [5, 5.41) is 0. The first-order valence-corrected chi connectivity index (χ1v) is 7.32. The van der Waals surface area contributed by atoms with E-state index in [2.05, 4.69) is 49.9 Å². The number of thiocarbonyl (C=S) groups is 1. The zero-order valence-corrected chi connectivity index (χ0v) is 12.9. The van der Waals surface area contributed by atoms with Crippen LogP contribution in [-0.2, 0) is 4.74 Å². The number of hydrogen-bond acceptors (Lipinski definition) is 3.